The van der Waals surface area contributed by atoms with Crippen molar-refractivity contribution in [3.05, 3.63) is 29.6 Å². The Morgan fingerprint density at radius 1 is 1.08 bits per heavy atom. The van der Waals surface area contributed by atoms with Gasteiger partial charge in [-0.05, 0) is 30.4 Å². The van der Waals surface area contributed by atoms with Gasteiger partial charge < -0.3 is 10.5 Å². The maximum absolute atomic E-state index is 10.7. The van der Waals surface area contributed by atoms with Crippen LogP contribution in [0.1, 0.15) is 75.9 Å². The van der Waals surface area contributed by atoms with Crippen LogP contribution in [0.25, 0.3) is 0 Å². The third-order valence-electron chi connectivity index (χ3n) is 2.75. The topological polar surface area (TPSA) is 119 Å². The van der Waals surface area contributed by atoms with Crippen molar-refractivity contribution in [3.63, 3.8) is 0 Å². The van der Waals surface area contributed by atoms with E-state index in [1.165, 1.54) is 6.20 Å². The first kappa shape index (κ1) is 25.7. The van der Waals surface area contributed by atoms with Crippen molar-refractivity contribution in [1.29, 1.82) is 0 Å². The van der Waals surface area contributed by atoms with E-state index >= 15 is 0 Å². The summed E-state index contributed by atoms with van der Waals surface area (Å²) >= 11 is 0. The lowest BCUT2D eigenvalue weighted by molar-refractivity contribution is -0.133. The summed E-state index contributed by atoms with van der Waals surface area (Å²) in [6, 6.07) is 3.52. The van der Waals surface area contributed by atoms with Gasteiger partial charge in [-0.2, -0.15) is 0 Å². The maximum Gasteiger partial charge on any atom is 0.250 e. The Balaban J connectivity index is 0. The van der Waals surface area contributed by atoms with Gasteiger partial charge in [0.2, 0.25) is 17.7 Å². The van der Waals surface area contributed by atoms with Gasteiger partial charge in [-0.15, -0.1) is 0 Å². The number of hydrogen-bond donors (Lipinski definition) is 2. The van der Waals surface area contributed by atoms with Gasteiger partial charge in [-0.3, -0.25) is 24.7 Å². The number of hydrogen-bond acceptors (Lipinski definition) is 5. The van der Waals surface area contributed by atoms with Crippen molar-refractivity contribution in [3.8, 4) is 0 Å². The summed E-state index contributed by atoms with van der Waals surface area (Å²) < 4.78 is 0. The van der Waals surface area contributed by atoms with Crippen molar-refractivity contribution in [2.45, 2.75) is 59.8 Å². The molecular formula is C19H31N3O4. The fourth-order valence-corrected chi connectivity index (χ4v) is 1.58. The van der Waals surface area contributed by atoms with Crippen LogP contribution in [0.5, 0.6) is 0 Å². The lowest BCUT2D eigenvalue weighted by atomic mass is 10.1. The van der Waals surface area contributed by atoms with Crippen LogP contribution in [0, 0.1) is 5.92 Å². The molecule has 1 aromatic heterocycles. The molecule has 3 amide bonds. The highest BCUT2D eigenvalue weighted by Crippen LogP contribution is 2.10. The van der Waals surface area contributed by atoms with Crippen molar-refractivity contribution < 1.29 is 19.2 Å². The third-order valence-corrected chi connectivity index (χ3v) is 2.75. The lowest BCUT2D eigenvalue weighted by Gasteiger charge is -2.07. The SMILES string of the molecule is C=O.CC(C)C.CC(C)c1ccc(C(N)=O)cn1.O=C1CCCC(=O)N1. The van der Waals surface area contributed by atoms with Gasteiger partial charge >= 0.3 is 0 Å². The molecule has 7 nitrogen and oxygen atoms in total. The molecule has 1 aromatic rings. The molecule has 0 bridgehead atoms. The zero-order valence-corrected chi connectivity index (χ0v) is 16.4. The second-order valence-electron chi connectivity index (χ2n) is 6.55. The Morgan fingerprint density at radius 2 is 1.54 bits per heavy atom. The van der Waals surface area contributed by atoms with Gasteiger partial charge in [0.25, 0.3) is 0 Å². The third kappa shape index (κ3) is 13.8. The number of nitrogens with two attached hydrogens (primary N) is 1. The van der Waals surface area contributed by atoms with Crippen molar-refractivity contribution >= 4 is 24.5 Å². The molecule has 26 heavy (non-hydrogen) atoms. The van der Waals surface area contributed by atoms with Gasteiger partial charge in [0.1, 0.15) is 6.79 Å². The summed E-state index contributed by atoms with van der Waals surface area (Å²) in [6.07, 6.45) is 3.24. The number of carbonyl (C=O) groups is 4. The minimum absolute atomic E-state index is 0.138. The Labute approximate surface area is 155 Å². The molecule has 0 aliphatic carbocycles. The lowest BCUT2D eigenvalue weighted by Crippen LogP contribution is -2.33. The molecule has 2 rings (SSSR count). The van der Waals surface area contributed by atoms with Crippen LogP contribution in [0.15, 0.2) is 18.3 Å². The number of piperidine rings is 1. The van der Waals surface area contributed by atoms with Crippen molar-refractivity contribution in [2.24, 2.45) is 11.7 Å². The minimum atomic E-state index is -0.433. The highest BCUT2D eigenvalue weighted by molar-refractivity contribution is 5.97. The van der Waals surface area contributed by atoms with Crippen molar-refractivity contribution in [1.82, 2.24) is 10.3 Å². The molecule has 1 saturated heterocycles. The Hall–Kier alpha value is -2.57. The number of nitrogens with zero attached hydrogens (tertiary/aromatic N) is 1. The fraction of sp³-hybridized carbons (Fsp3) is 0.526. The molecule has 1 aliphatic rings. The van der Waals surface area contributed by atoms with Gasteiger partial charge in [0.05, 0.1) is 5.56 Å². The molecule has 3 N–H and O–H groups in total. The van der Waals surface area contributed by atoms with Crippen LogP contribution < -0.4 is 11.1 Å². The number of nitrogens with one attached hydrogen (secondary N) is 1. The van der Waals surface area contributed by atoms with E-state index in [0.717, 1.165) is 11.6 Å². The summed E-state index contributed by atoms with van der Waals surface area (Å²) in [5, 5.41) is 2.20. The quantitative estimate of drug-likeness (QED) is 0.781. The highest BCUT2D eigenvalue weighted by atomic mass is 16.2. The smallest absolute Gasteiger partial charge is 0.250 e. The van der Waals surface area contributed by atoms with E-state index in [-0.39, 0.29) is 11.8 Å². The van der Waals surface area contributed by atoms with Crippen LogP contribution in [0.2, 0.25) is 0 Å². The second kappa shape index (κ2) is 14.7. The van der Waals surface area contributed by atoms with E-state index in [0.29, 0.717) is 30.7 Å². The van der Waals surface area contributed by atoms with E-state index in [1.807, 2.05) is 26.7 Å². The number of rotatable bonds is 2. The molecule has 0 aromatic carbocycles. The summed E-state index contributed by atoms with van der Waals surface area (Å²) in [5.41, 5.74) is 6.49. The molecular weight excluding hydrogens is 334 g/mol. The Bertz CT molecular complexity index is 538. The average molecular weight is 365 g/mol. The molecule has 1 fully saturated rings. The molecule has 2 heterocycles. The standard InChI is InChI=1S/C9H12N2O.C5H7NO2.C4H10.CH2O/c1-6(2)8-4-3-7(5-11-8)9(10)12;7-4-2-1-3-5(8)6-4;1-4(2)3;1-2/h3-6H,1-2H3,(H2,10,12);1-3H2,(H,6,7,8);4H,1-3H3;1H2. The Morgan fingerprint density at radius 3 is 1.77 bits per heavy atom. The van der Waals surface area contributed by atoms with Gasteiger partial charge in [-0.25, -0.2) is 0 Å². The second-order valence-corrected chi connectivity index (χ2v) is 6.55. The summed E-state index contributed by atoms with van der Waals surface area (Å²) in [7, 11) is 0. The first-order valence-corrected chi connectivity index (χ1v) is 8.50. The maximum atomic E-state index is 10.7. The molecule has 7 heteroatoms. The molecule has 0 spiro atoms. The molecule has 0 unspecified atom stereocenters. The first-order chi connectivity index (χ1) is 12.1. The molecule has 0 radical (unpaired) electrons. The number of pyridine rings is 1. The molecule has 0 atom stereocenters. The first-order valence-electron chi connectivity index (χ1n) is 8.50. The van der Waals surface area contributed by atoms with E-state index in [9.17, 15) is 14.4 Å². The van der Waals surface area contributed by atoms with Crippen molar-refractivity contribution in [2.75, 3.05) is 0 Å². The summed E-state index contributed by atoms with van der Waals surface area (Å²) in [6.45, 7) is 12.6. The minimum Gasteiger partial charge on any atom is -0.366 e. The van der Waals surface area contributed by atoms with Crippen LogP contribution in [0.4, 0.5) is 0 Å². The predicted octanol–water partition coefficient (Wildman–Crippen LogP) is 2.59. The zero-order chi connectivity index (χ0) is 20.7. The number of amides is 3. The molecule has 146 valence electrons. The largest absolute Gasteiger partial charge is 0.366 e. The molecule has 0 saturated carbocycles. The zero-order valence-electron chi connectivity index (χ0n) is 16.4. The van der Waals surface area contributed by atoms with E-state index in [1.54, 1.807) is 6.07 Å². The highest BCUT2D eigenvalue weighted by Gasteiger charge is 2.13. The monoisotopic (exact) mass is 365 g/mol. The molecule has 1 aliphatic heterocycles. The fourth-order valence-electron chi connectivity index (χ4n) is 1.58. The normalized spacial score (nSPS) is 12.6. The van der Waals surface area contributed by atoms with E-state index in [4.69, 9.17) is 10.5 Å². The van der Waals surface area contributed by atoms with E-state index < -0.39 is 5.91 Å². The van der Waals surface area contributed by atoms with Crippen LogP contribution in [0.3, 0.4) is 0 Å². The van der Waals surface area contributed by atoms with Gasteiger partial charge in [0.15, 0.2) is 0 Å². The summed E-state index contributed by atoms with van der Waals surface area (Å²) in [5.74, 6) is 0.507. The van der Waals surface area contributed by atoms with Gasteiger partial charge in [0, 0.05) is 24.7 Å². The Kier molecular flexibility index (Phi) is 14.6. The van der Waals surface area contributed by atoms with E-state index in [2.05, 4.69) is 31.1 Å². The van der Waals surface area contributed by atoms with Crippen LogP contribution in [-0.2, 0) is 14.4 Å². The average Bonchev–Trinajstić information content (AvgIpc) is 2.56. The number of aromatic nitrogens is 1. The van der Waals surface area contributed by atoms with Gasteiger partial charge in [-0.1, -0.05) is 34.6 Å². The van der Waals surface area contributed by atoms with Crippen LogP contribution >= 0.6 is 0 Å². The number of primary amides is 1. The van der Waals surface area contributed by atoms with Crippen LogP contribution in [-0.4, -0.2) is 29.5 Å². The number of carbonyl (C=O) groups excluding carboxylic acids is 4. The number of imide groups is 1. The predicted molar refractivity (Wildman–Crippen MR) is 101 cm³/mol. The summed E-state index contributed by atoms with van der Waals surface area (Å²) in [4.78, 5) is 43.4.